The number of carboxylic acid groups (broad SMARTS) is 1. The molecule has 1 atom stereocenters. The van der Waals surface area contributed by atoms with Crippen LogP contribution in [0.5, 0.6) is 5.75 Å². The Morgan fingerprint density at radius 1 is 1.37 bits per heavy atom. The molecular formula is C13H17NO5. The standard InChI is InChI=1S/C13H17NO5/c1-9(15)14-13(18,12(16)17)8-7-10-5-3-4-6-11(10)19-2/h3-6,18H,7-8H2,1-2H3,(H,14,15)(H,16,17). The van der Waals surface area contributed by atoms with Gasteiger partial charge in [0.1, 0.15) is 5.75 Å². The molecule has 0 aliphatic rings. The van der Waals surface area contributed by atoms with Gasteiger partial charge in [-0.25, -0.2) is 4.79 Å². The maximum atomic E-state index is 11.0. The number of aliphatic carboxylic acids is 1. The van der Waals surface area contributed by atoms with Crippen molar-refractivity contribution in [2.24, 2.45) is 0 Å². The summed E-state index contributed by atoms with van der Waals surface area (Å²) in [7, 11) is 1.51. The monoisotopic (exact) mass is 267 g/mol. The maximum absolute atomic E-state index is 11.0. The summed E-state index contributed by atoms with van der Waals surface area (Å²) in [6.45, 7) is 1.15. The van der Waals surface area contributed by atoms with Crippen molar-refractivity contribution in [2.75, 3.05) is 7.11 Å². The summed E-state index contributed by atoms with van der Waals surface area (Å²) < 4.78 is 5.14. The van der Waals surface area contributed by atoms with E-state index in [1.165, 1.54) is 7.11 Å². The van der Waals surface area contributed by atoms with Crippen LogP contribution in [0.3, 0.4) is 0 Å². The molecule has 0 saturated heterocycles. The third kappa shape index (κ3) is 3.96. The van der Waals surface area contributed by atoms with E-state index in [0.29, 0.717) is 5.75 Å². The fraction of sp³-hybridized carbons (Fsp3) is 0.385. The molecule has 0 bridgehead atoms. The molecule has 0 saturated carbocycles. The molecule has 0 aliphatic carbocycles. The lowest BCUT2D eigenvalue weighted by Gasteiger charge is -2.24. The van der Waals surface area contributed by atoms with Crippen LogP contribution in [0.4, 0.5) is 0 Å². The van der Waals surface area contributed by atoms with E-state index in [4.69, 9.17) is 9.84 Å². The third-order valence-electron chi connectivity index (χ3n) is 2.69. The molecule has 19 heavy (non-hydrogen) atoms. The number of carbonyl (C=O) groups is 2. The Morgan fingerprint density at radius 3 is 2.53 bits per heavy atom. The van der Waals surface area contributed by atoms with Crippen LogP contribution in [0.25, 0.3) is 0 Å². The Bertz CT molecular complexity index is 474. The van der Waals surface area contributed by atoms with E-state index >= 15 is 0 Å². The van der Waals surface area contributed by atoms with E-state index in [1.54, 1.807) is 24.3 Å². The maximum Gasteiger partial charge on any atom is 0.357 e. The van der Waals surface area contributed by atoms with Crippen molar-refractivity contribution in [3.8, 4) is 5.75 Å². The number of rotatable bonds is 6. The molecule has 0 heterocycles. The molecule has 0 aliphatic heterocycles. The average Bonchev–Trinajstić information content (AvgIpc) is 2.35. The SMILES string of the molecule is COc1ccccc1CCC(O)(NC(C)=O)C(=O)O. The molecule has 1 aromatic carbocycles. The Balaban J connectivity index is 2.82. The van der Waals surface area contributed by atoms with E-state index < -0.39 is 17.6 Å². The van der Waals surface area contributed by atoms with Gasteiger partial charge in [0.05, 0.1) is 7.11 Å². The van der Waals surface area contributed by atoms with Crippen molar-refractivity contribution < 1.29 is 24.5 Å². The summed E-state index contributed by atoms with van der Waals surface area (Å²) in [5.74, 6) is -1.49. The van der Waals surface area contributed by atoms with Gasteiger partial charge < -0.3 is 20.3 Å². The van der Waals surface area contributed by atoms with Gasteiger partial charge in [-0.15, -0.1) is 0 Å². The van der Waals surface area contributed by atoms with Crippen LogP contribution in [-0.2, 0) is 16.0 Å². The first-order chi connectivity index (χ1) is 8.89. The lowest BCUT2D eigenvalue weighted by Crippen LogP contribution is -2.54. The van der Waals surface area contributed by atoms with Gasteiger partial charge in [0, 0.05) is 13.3 Å². The summed E-state index contributed by atoms with van der Waals surface area (Å²) in [6, 6.07) is 7.10. The number of para-hydroxylation sites is 1. The van der Waals surface area contributed by atoms with Crippen LogP contribution in [0, 0.1) is 0 Å². The molecule has 0 spiro atoms. The van der Waals surface area contributed by atoms with Crippen molar-refractivity contribution in [3.63, 3.8) is 0 Å². The largest absolute Gasteiger partial charge is 0.496 e. The fourth-order valence-electron chi connectivity index (χ4n) is 1.74. The molecular weight excluding hydrogens is 250 g/mol. The summed E-state index contributed by atoms with van der Waals surface area (Å²) in [6.07, 6.45) is 0.107. The second-order valence-electron chi connectivity index (χ2n) is 4.16. The number of methoxy groups -OCH3 is 1. The molecule has 0 radical (unpaired) electrons. The zero-order valence-electron chi connectivity index (χ0n) is 10.8. The molecule has 0 fully saturated rings. The number of hydrogen-bond donors (Lipinski definition) is 3. The highest BCUT2D eigenvalue weighted by Gasteiger charge is 2.36. The smallest absolute Gasteiger partial charge is 0.357 e. The minimum atomic E-state index is -2.27. The predicted octanol–water partition coefficient (Wildman–Crippen LogP) is 0.537. The molecule has 3 N–H and O–H groups in total. The first-order valence-electron chi connectivity index (χ1n) is 5.75. The van der Waals surface area contributed by atoms with Crippen LogP contribution in [0.2, 0.25) is 0 Å². The number of aliphatic hydroxyl groups is 1. The van der Waals surface area contributed by atoms with Crippen LogP contribution >= 0.6 is 0 Å². The molecule has 1 amide bonds. The normalized spacial score (nSPS) is 13.4. The Morgan fingerprint density at radius 2 is 2.00 bits per heavy atom. The van der Waals surface area contributed by atoms with E-state index in [-0.39, 0.29) is 12.8 Å². The molecule has 1 aromatic rings. The topological polar surface area (TPSA) is 95.9 Å². The van der Waals surface area contributed by atoms with Gasteiger partial charge in [-0.2, -0.15) is 0 Å². The molecule has 6 heteroatoms. The van der Waals surface area contributed by atoms with Gasteiger partial charge in [0.2, 0.25) is 11.6 Å². The van der Waals surface area contributed by atoms with Crippen molar-refractivity contribution in [2.45, 2.75) is 25.5 Å². The molecule has 6 nitrogen and oxygen atoms in total. The Kier molecular flexibility index (Phi) is 4.88. The zero-order chi connectivity index (χ0) is 14.5. The van der Waals surface area contributed by atoms with Gasteiger partial charge in [-0.05, 0) is 18.1 Å². The Labute approximate surface area is 111 Å². The van der Waals surface area contributed by atoms with E-state index in [9.17, 15) is 14.7 Å². The molecule has 1 unspecified atom stereocenters. The van der Waals surface area contributed by atoms with Gasteiger partial charge in [0.15, 0.2) is 0 Å². The minimum Gasteiger partial charge on any atom is -0.496 e. The highest BCUT2D eigenvalue weighted by atomic mass is 16.5. The summed E-state index contributed by atoms with van der Waals surface area (Å²) in [4.78, 5) is 22.0. The van der Waals surface area contributed by atoms with Crippen LogP contribution in [-0.4, -0.2) is 34.9 Å². The van der Waals surface area contributed by atoms with Crippen molar-refractivity contribution in [1.29, 1.82) is 0 Å². The highest BCUT2D eigenvalue weighted by Crippen LogP contribution is 2.21. The van der Waals surface area contributed by atoms with Crippen molar-refractivity contribution in [3.05, 3.63) is 29.8 Å². The highest BCUT2D eigenvalue weighted by molar-refractivity contribution is 5.84. The van der Waals surface area contributed by atoms with Gasteiger partial charge in [-0.1, -0.05) is 18.2 Å². The van der Waals surface area contributed by atoms with Crippen LogP contribution < -0.4 is 10.1 Å². The van der Waals surface area contributed by atoms with Gasteiger partial charge in [0.25, 0.3) is 0 Å². The quantitative estimate of drug-likeness (QED) is 0.654. The fourth-order valence-corrected chi connectivity index (χ4v) is 1.74. The summed E-state index contributed by atoms with van der Waals surface area (Å²) >= 11 is 0. The number of nitrogens with one attached hydrogen (secondary N) is 1. The van der Waals surface area contributed by atoms with E-state index in [0.717, 1.165) is 12.5 Å². The average molecular weight is 267 g/mol. The zero-order valence-corrected chi connectivity index (χ0v) is 10.8. The molecule has 104 valence electrons. The number of benzene rings is 1. The van der Waals surface area contributed by atoms with Gasteiger partial charge >= 0.3 is 5.97 Å². The number of carbonyl (C=O) groups excluding carboxylic acids is 1. The number of aryl methyl sites for hydroxylation is 1. The van der Waals surface area contributed by atoms with E-state index in [2.05, 4.69) is 0 Å². The molecule has 1 rings (SSSR count). The molecule has 0 aromatic heterocycles. The van der Waals surface area contributed by atoms with Crippen LogP contribution in [0.15, 0.2) is 24.3 Å². The second kappa shape index (κ2) is 6.19. The first kappa shape index (κ1) is 15.0. The number of ether oxygens (including phenoxy) is 1. The third-order valence-corrected chi connectivity index (χ3v) is 2.69. The van der Waals surface area contributed by atoms with Crippen molar-refractivity contribution >= 4 is 11.9 Å². The van der Waals surface area contributed by atoms with Crippen LogP contribution in [0.1, 0.15) is 18.9 Å². The van der Waals surface area contributed by atoms with Crippen molar-refractivity contribution in [1.82, 2.24) is 5.32 Å². The summed E-state index contributed by atoms with van der Waals surface area (Å²) in [5.41, 5.74) is -1.51. The van der Waals surface area contributed by atoms with Gasteiger partial charge in [-0.3, -0.25) is 4.79 Å². The number of amides is 1. The lowest BCUT2D eigenvalue weighted by atomic mass is 10.0. The number of carboxylic acids is 1. The Hall–Kier alpha value is -2.08. The lowest BCUT2D eigenvalue weighted by molar-refractivity contribution is -0.166. The van der Waals surface area contributed by atoms with E-state index in [1.807, 2.05) is 5.32 Å². The number of hydrogen-bond acceptors (Lipinski definition) is 4. The summed E-state index contributed by atoms with van der Waals surface area (Å²) in [5, 5.41) is 20.9. The first-order valence-corrected chi connectivity index (χ1v) is 5.75. The minimum absolute atomic E-state index is 0.151. The predicted molar refractivity (Wildman–Crippen MR) is 67.7 cm³/mol. The second-order valence-corrected chi connectivity index (χ2v) is 4.16.